The second-order valence-electron chi connectivity index (χ2n) is 4.06. The summed E-state index contributed by atoms with van der Waals surface area (Å²) in [5, 5.41) is 3.91. The molecule has 1 aromatic rings. The summed E-state index contributed by atoms with van der Waals surface area (Å²) >= 11 is 6.02. The number of halogens is 2. The Morgan fingerprint density at radius 1 is 1.53 bits per heavy atom. The van der Waals surface area contributed by atoms with Crippen LogP contribution >= 0.6 is 11.6 Å². The topological polar surface area (TPSA) is 12.0 Å². The monoisotopic (exact) mass is 255 g/mol. The average molecular weight is 256 g/mol. The molecule has 0 saturated carbocycles. The number of nitrogens with one attached hydrogen (secondary N) is 1. The Balaban J connectivity index is 2.67. The van der Waals surface area contributed by atoms with Crippen molar-refractivity contribution in [2.45, 2.75) is 32.2 Å². The van der Waals surface area contributed by atoms with Crippen molar-refractivity contribution in [1.29, 1.82) is 0 Å². The lowest BCUT2D eigenvalue weighted by Gasteiger charge is -2.17. The van der Waals surface area contributed by atoms with Gasteiger partial charge in [-0.2, -0.15) is 0 Å². The minimum absolute atomic E-state index is 0.287. The molecule has 1 aromatic carbocycles. The van der Waals surface area contributed by atoms with Crippen molar-refractivity contribution in [2.75, 3.05) is 6.54 Å². The van der Waals surface area contributed by atoms with Gasteiger partial charge >= 0.3 is 0 Å². The summed E-state index contributed by atoms with van der Waals surface area (Å²) in [5.74, 6) is -0.287. The van der Waals surface area contributed by atoms with Crippen LogP contribution in [-0.4, -0.2) is 12.6 Å². The number of benzene rings is 1. The van der Waals surface area contributed by atoms with Gasteiger partial charge in [-0.3, -0.25) is 0 Å². The molecular formula is C14H19ClFN. The highest BCUT2D eigenvalue weighted by molar-refractivity contribution is 6.31. The molecule has 0 saturated heterocycles. The summed E-state index contributed by atoms with van der Waals surface area (Å²) in [6.45, 7) is 6.72. The highest BCUT2D eigenvalue weighted by Gasteiger charge is 2.10. The van der Waals surface area contributed by atoms with E-state index in [4.69, 9.17) is 11.6 Å². The molecule has 17 heavy (non-hydrogen) atoms. The summed E-state index contributed by atoms with van der Waals surface area (Å²) in [6, 6.07) is 4.95. The zero-order valence-electron chi connectivity index (χ0n) is 10.2. The van der Waals surface area contributed by atoms with Crippen LogP contribution in [0.25, 0.3) is 0 Å². The molecule has 0 aliphatic carbocycles. The van der Waals surface area contributed by atoms with Crippen LogP contribution in [-0.2, 0) is 6.42 Å². The maximum absolute atomic E-state index is 12.9. The van der Waals surface area contributed by atoms with Crippen LogP contribution < -0.4 is 5.32 Å². The second kappa shape index (κ2) is 7.46. The third-order valence-electron chi connectivity index (χ3n) is 2.69. The second-order valence-corrected chi connectivity index (χ2v) is 4.47. The molecule has 0 aromatic heterocycles. The summed E-state index contributed by atoms with van der Waals surface area (Å²) < 4.78 is 12.9. The lowest BCUT2D eigenvalue weighted by atomic mass is 10.0. The predicted molar refractivity (Wildman–Crippen MR) is 72.0 cm³/mol. The fourth-order valence-corrected chi connectivity index (χ4v) is 2.08. The average Bonchev–Trinajstić information content (AvgIpc) is 2.29. The molecule has 1 atom stereocenters. The highest BCUT2D eigenvalue weighted by atomic mass is 35.5. The van der Waals surface area contributed by atoms with E-state index >= 15 is 0 Å². The molecule has 1 nitrogen and oxygen atoms in total. The molecule has 3 heteroatoms. The van der Waals surface area contributed by atoms with Gasteiger partial charge in [0.15, 0.2) is 0 Å². The molecule has 0 bridgehead atoms. The summed E-state index contributed by atoms with van der Waals surface area (Å²) in [4.78, 5) is 0. The number of allylic oxidation sites excluding steroid dienone is 1. The van der Waals surface area contributed by atoms with Gasteiger partial charge in [0, 0.05) is 11.1 Å². The molecule has 1 N–H and O–H groups in total. The first-order valence-electron chi connectivity index (χ1n) is 5.95. The maximum atomic E-state index is 12.9. The van der Waals surface area contributed by atoms with Gasteiger partial charge in [-0.15, -0.1) is 6.58 Å². The third-order valence-corrected chi connectivity index (χ3v) is 3.05. The van der Waals surface area contributed by atoms with Crippen molar-refractivity contribution in [2.24, 2.45) is 0 Å². The van der Waals surface area contributed by atoms with Gasteiger partial charge in [0.05, 0.1) is 0 Å². The van der Waals surface area contributed by atoms with Crippen molar-refractivity contribution in [3.63, 3.8) is 0 Å². The molecule has 0 aliphatic rings. The smallest absolute Gasteiger partial charge is 0.124 e. The largest absolute Gasteiger partial charge is 0.314 e. The number of hydrogen-bond acceptors (Lipinski definition) is 1. The van der Waals surface area contributed by atoms with Crippen molar-refractivity contribution in [3.8, 4) is 0 Å². The van der Waals surface area contributed by atoms with E-state index in [0.29, 0.717) is 11.1 Å². The van der Waals surface area contributed by atoms with E-state index in [2.05, 4.69) is 18.8 Å². The highest BCUT2D eigenvalue weighted by Crippen LogP contribution is 2.19. The minimum atomic E-state index is -0.287. The third kappa shape index (κ3) is 4.88. The van der Waals surface area contributed by atoms with E-state index in [1.165, 1.54) is 12.1 Å². The lowest BCUT2D eigenvalue weighted by Crippen LogP contribution is -2.30. The SMILES string of the molecule is C=CCCC(Cc1ccc(F)cc1Cl)NCC. The van der Waals surface area contributed by atoms with E-state index < -0.39 is 0 Å². The first-order chi connectivity index (χ1) is 8.17. The van der Waals surface area contributed by atoms with Gasteiger partial charge in [0.1, 0.15) is 5.82 Å². The molecule has 1 unspecified atom stereocenters. The van der Waals surface area contributed by atoms with Crippen LogP contribution in [0, 0.1) is 5.82 Å². The van der Waals surface area contributed by atoms with Gasteiger partial charge in [0.25, 0.3) is 0 Å². The van der Waals surface area contributed by atoms with Crippen LogP contribution in [0.2, 0.25) is 5.02 Å². The zero-order valence-corrected chi connectivity index (χ0v) is 10.9. The first-order valence-corrected chi connectivity index (χ1v) is 6.33. The maximum Gasteiger partial charge on any atom is 0.124 e. The van der Waals surface area contributed by atoms with Crippen LogP contribution in [0.5, 0.6) is 0 Å². The Hall–Kier alpha value is -0.860. The first kappa shape index (κ1) is 14.2. The van der Waals surface area contributed by atoms with Crippen LogP contribution in [0.15, 0.2) is 30.9 Å². The van der Waals surface area contributed by atoms with Crippen LogP contribution in [0.3, 0.4) is 0 Å². The summed E-state index contributed by atoms with van der Waals surface area (Å²) in [6.07, 6.45) is 4.72. The number of likely N-dealkylation sites (N-methyl/N-ethyl adjacent to an activating group) is 1. The molecule has 0 heterocycles. The van der Waals surface area contributed by atoms with E-state index in [1.807, 2.05) is 6.08 Å². The van der Waals surface area contributed by atoms with Crippen molar-refractivity contribution < 1.29 is 4.39 Å². The van der Waals surface area contributed by atoms with Gasteiger partial charge in [0.2, 0.25) is 0 Å². The summed E-state index contributed by atoms with van der Waals surface area (Å²) in [5.41, 5.74) is 0.989. The van der Waals surface area contributed by atoms with E-state index in [0.717, 1.165) is 31.4 Å². The molecule has 0 aliphatic heterocycles. The van der Waals surface area contributed by atoms with Crippen molar-refractivity contribution in [1.82, 2.24) is 5.32 Å². The molecule has 1 rings (SSSR count). The van der Waals surface area contributed by atoms with E-state index in [-0.39, 0.29) is 5.82 Å². The quantitative estimate of drug-likeness (QED) is 0.727. The van der Waals surface area contributed by atoms with Gasteiger partial charge in [-0.1, -0.05) is 30.7 Å². The standard InChI is InChI=1S/C14H19ClFN/c1-3-5-6-13(17-4-2)9-11-7-8-12(16)10-14(11)15/h3,7-8,10,13,17H,1,4-6,9H2,2H3. The van der Waals surface area contributed by atoms with Gasteiger partial charge in [-0.05, 0) is 43.5 Å². The van der Waals surface area contributed by atoms with Crippen LogP contribution in [0.1, 0.15) is 25.3 Å². The van der Waals surface area contributed by atoms with Gasteiger partial charge < -0.3 is 5.32 Å². The Kier molecular flexibility index (Phi) is 6.23. The predicted octanol–water partition coefficient (Wildman–Crippen LogP) is 3.97. The molecule has 0 fully saturated rings. The minimum Gasteiger partial charge on any atom is -0.314 e. The Labute approximate surface area is 108 Å². The fourth-order valence-electron chi connectivity index (χ4n) is 1.84. The number of hydrogen-bond donors (Lipinski definition) is 1. The molecule has 94 valence electrons. The normalized spacial score (nSPS) is 12.4. The van der Waals surface area contributed by atoms with Crippen LogP contribution in [0.4, 0.5) is 4.39 Å². The lowest BCUT2D eigenvalue weighted by molar-refractivity contribution is 0.494. The Morgan fingerprint density at radius 2 is 2.29 bits per heavy atom. The van der Waals surface area contributed by atoms with Gasteiger partial charge in [-0.25, -0.2) is 4.39 Å². The summed E-state index contributed by atoms with van der Waals surface area (Å²) in [7, 11) is 0. The Morgan fingerprint density at radius 3 is 2.88 bits per heavy atom. The van der Waals surface area contributed by atoms with Crippen molar-refractivity contribution >= 4 is 11.6 Å². The molecular weight excluding hydrogens is 237 g/mol. The van der Waals surface area contributed by atoms with E-state index in [9.17, 15) is 4.39 Å². The van der Waals surface area contributed by atoms with Crippen molar-refractivity contribution in [3.05, 3.63) is 47.3 Å². The number of rotatable bonds is 7. The Bertz CT molecular complexity index is 365. The molecule has 0 radical (unpaired) electrons. The fraction of sp³-hybridized carbons (Fsp3) is 0.429. The molecule has 0 spiro atoms. The molecule has 0 amide bonds. The van der Waals surface area contributed by atoms with E-state index in [1.54, 1.807) is 6.07 Å². The zero-order chi connectivity index (χ0) is 12.7.